The first-order valence-corrected chi connectivity index (χ1v) is 7.17. The lowest BCUT2D eigenvalue weighted by molar-refractivity contribution is 0.343. The highest BCUT2D eigenvalue weighted by Gasteiger charge is 2.15. The topological polar surface area (TPSA) is 21.3 Å². The molecule has 2 rings (SSSR count). The van der Waals surface area contributed by atoms with Crippen LogP contribution in [0.15, 0.2) is 24.3 Å². The third kappa shape index (κ3) is 4.02. The molecule has 0 radical (unpaired) electrons. The van der Waals surface area contributed by atoms with Crippen molar-refractivity contribution in [2.75, 3.05) is 7.11 Å². The first-order valence-electron chi connectivity index (χ1n) is 7.17. The fourth-order valence-corrected chi connectivity index (χ4v) is 2.85. The molecule has 1 aromatic carbocycles. The van der Waals surface area contributed by atoms with Crippen LogP contribution < -0.4 is 10.1 Å². The van der Waals surface area contributed by atoms with Gasteiger partial charge in [-0.15, -0.1) is 0 Å². The minimum absolute atomic E-state index is 0.557. The van der Waals surface area contributed by atoms with Gasteiger partial charge in [0.05, 0.1) is 7.11 Å². The van der Waals surface area contributed by atoms with Gasteiger partial charge in [-0.2, -0.15) is 0 Å². The lowest BCUT2D eigenvalue weighted by Gasteiger charge is -2.26. The van der Waals surface area contributed by atoms with Crippen molar-refractivity contribution in [2.45, 2.75) is 57.5 Å². The Morgan fingerprint density at radius 3 is 2.44 bits per heavy atom. The second-order valence-corrected chi connectivity index (χ2v) is 5.45. The summed E-state index contributed by atoms with van der Waals surface area (Å²) >= 11 is 0. The molecule has 2 nitrogen and oxygen atoms in total. The van der Waals surface area contributed by atoms with Crippen LogP contribution in [0.5, 0.6) is 5.75 Å². The Hall–Kier alpha value is -1.02. The van der Waals surface area contributed by atoms with Gasteiger partial charge in [0, 0.05) is 12.1 Å². The summed E-state index contributed by atoms with van der Waals surface area (Å²) < 4.78 is 5.18. The Bertz CT molecular complexity index is 341. The zero-order valence-electron chi connectivity index (χ0n) is 11.6. The molecule has 0 spiro atoms. The Balaban J connectivity index is 1.80. The largest absolute Gasteiger partial charge is 0.497 e. The Labute approximate surface area is 111 Å². The Morgan fingerprint density at radius 1 is 1.17 bits per heavy atom. The van der Waals surface area contributed by atoms with Crippen molar-refractivity contribution in [1.82, 2.24) is 5.32 Å². The molecule has 2 heteroatoms. The van der Waals surface area contributed by atoms with Crippen LogP contribution in [0.25, 0.3) is 0 Å². The molecule has 1 aromatic rings. The smallest absolute Gasteiger partial charge is 0.118 e. The number of methoxy groups -OCH3 is 1. The summed E-state index contributed by atoms with van der Waals surface area (Å²) in [6.45, 7) is 2.29. The molecule has 0 bridgehead atoms. The monoisotopic (exact) mass is 247 g/mol. The van der Waals surface area contributed by atoms with Gasteiger partial charge in [0.2, 0.25) is 0 Å². The maximum atomic E-state index is 5.18. The van der Waals surface area contributed by atoms with Gasteiger partial charge in [-0.25, -0.2) is 0 Å². The fourth-order valence-electron chi connectivity index (χ4n) is 2.85. The molecule has 0 aromatic heterocycles. The van der Waals surface area contributed by atoms with E-state index in [2.05, 4.69) is 24.4 Å². The number of ether oxygens (including phenoxy) is 1. The average molecular weight is 247 g/mol. The first kappa shape index (κ1) is 13.4. The third-order valence-corrected chi connectivity index (χ3v) is 3.83. The average Bonchev–Trinajstić information content (AvgIpc) is 2.40. The number of nitrogens with one attached hydrogen (secondary N) is 1. The molecule has 18 heavy (non-hydrogen) atoms. The predicted octanol–water partition coefficient (Wildman–Crippen LogP) is 3.55. The lowest BCUT2D eigenvalue weighted by atomic mass is 9.94. The van der Waals surface area contributed by atoms with E-state index in [4.69, 9.17) is 4.74 Å². The molecule has 1 aliphatic carbocycles. The maximum Gasteiger partial charge on any atom is 0.118 e. The predicted molar refractivity (Wildman–Crippen MR) is 76.2 cm³/mol. The van der Waals surface area contributed by atoms with Gasteiger partial charge in [-0.1, -0.05) is 31.4 Å². The van der Waals surface area contributed by atoms with E-state index in [1.807, 2.05) is 12.1 Å². The van der Waals surface area contributed by atoms with Gasteiger partial charge in [-0.3, -0.25) is 0 Å². The summed E-state index contributed by atoms with van der Waals surface area (Å²) in [5.74, 6) is 0.937. The van der Waals surface area contributed by atoms with Crippen molar-refractivity contribution in [3.63, 3.8) is 0 Å². The van der Waals surface area contributed by atoms with Crippen molar-refractivity contribution in [3.8, 4) is 5.75 Å². The SMILES string of the molecule is COc1ccc(CC(C)NC2CCCCC2)cc1. The van der Waals surface area contributed by atoms with Crippen LogP contribution in [0.3, 0.4) is 0 Å². The van der Waals surface area contributed by atoms with E-state index in [9.17, 15) is 0 Å². The van der Waals surface area contributed by atoms with Gasteiger partial charge in [0.15, 0.2) is 0 Å². The first-order chi connectivity index (χ1) is 8.78. The van der Waals surface area contributed by atoms with E-state index in [1.165, 1.54) is 37.7 Å². The Kier molecular flexibility index (Phi) is 5.06. The summed E-state index contributed by atoms with van der Waals surface area (Å²) in [6, 6.07) is 9.72. The van der Waals surface area contributed by atoms with E-state index < -0.39 is 0 Å². The molecule has 1 saturated carbocycles. The summed E-state index contributed by atoms with van der Waals surface area (Å²) in [6.07, 6.45) is 8.02. The summed E-state index contributed by atoms with van der Waals surface area (Å²) in [5, 5.41) is 3.76. The van der Waals surface area contributed by atoms with E-state index in [1.54, 1.807) is 7.11 Å². The van der Waals surface area contributed by atoms with E-state index in [0.29, 0.717) is 6.04 Å². The van der Waals surface area contributed by atoms with E-state index in [-0.39, 0.29) is 0 Å². The molecule has 0 amide bonds. The van der Waals surface area contributed by atoms with Crippen LogP contribution in [0, 0.1) is 0 Å². The van der Waals surface area contributed by atoms with Crippen LogP contribution in [-0.4, -0.2) is 19.2 Å². The molecular weight excluding hydrogens is 222 g/mol. The van der Waals surface area contributed by atoms with E-state index in [0.717, 1.165) is 18.2 Å². The minimum atomic E-state index is 0.557. The minimum Gasteiger partial charge on any atom is -0.497 e. The third-order valence-electron chi connectivity index (χ3n) is 3.83. The van der Waals surface area contributed by atoms with Crippen LogP contribution >= 0.6 is 0 Å². The number of hydrogen-bond donors (Lipinski definition) is 1. The Morgan fingerprint density at radius 2 is 1.83 bits per heavy atom. The van der Waals surface area contributed by atoms with Gasteiger partial charge < -0.3 is 10.1 Å². The molecule has 1 aliphatic rings. The van der Waals surface area contributed by atoms with E-state index >= 15 is 0 Å². The van der Waals surface area contributed by atoms with Crippen molar-refractivity contribution < 1.29 is 4.74 Å². The van der Waals surface area contributed by atoms with Crippen molar-refractivity contribution in [3.05, 3.63) is 29.8 Å². The van der Waals surface area contributed by atoms with Crippen LogP contribution in [0.2, 0.25) is 0 Å². The molecule has 1 fully saturated rings. The molecular formula is C16H25NO. The second kappa shape index (κ2) is 6.79. The van der Waals surface area contributed by atoms with Crippen molar-refractivity contribution in [1.29, 1.82) is 0 Å². The quantitative estimate of drug-likeness (QED) is 0.859. The van der Waals surface area contributed by atoms with Gasteiger partial charge in [0.1, 0.15) is 5.75 Å². The van der Waals surface area contributed by atoms with Crippen LogP contribution in [0.1, 0.15) is 44.6 Å². The molecule has 1 N–H and O–H groups in total. The molecule has 1 atom stereocenters. The van der Waals surface area contributed by atoms with Gasteiger partial charge in [0.25, 0.3) is 0 Å². The molecule has 0 saturated heterocycles. The second-order valence-electron chi connectivity index (χ2n) is 5.45. The number of rotatable bonds is 5. The number of benzene rings is 1. The lowest BCUT2D eigenvalue weighted by Crippen LogP contribution is -2.38. The zero-order valence-corrected chi connectivity index (χ0v) is 11.6. The maximum absolute atomic E-state index is 5.18. The fraction of sp³-hybridized carbons (Fsp3) is 0.625. The van der Waals surface area contributed by atoms with Crippen molar-refractivity contribution in [2.24, 2.45) is 0 Å². The highest BCUT2D eigenvalue weighted by molar-refractivity contribution is 5.27. The summed E-state index contributed by atoms with van der Waals surface area (Å²) in [5.41, 5.74) is 1.38. The number of hydrogen-bond acceptors (Lipinski definition) is 2. The van der Waals surface area contributed by atoms with Crippen LogP contribution in [-0.2, 0) is 6.42 Å². The van der Waals surface area contributed by atoms with Crippen molar-refractivity contribution >= 4 is 0 Å². The molecule has 1 unspecified atom stereocenters. The molecule has 0 heterocycles. The summed E-state index contributed by atoms with van der Waals surface area (Å²) in [4.78, 5) is 0. The van der Waals surface area contributed by atoms with Gasteiger partial charge >= 0.3 is 0 Å². The molecule has 0 aliphatic heterocycles. The zero-order chi connectivity index (χ0) is 12.8. The standard InChI is InChI=1S/C16H25NO/c1-13(17-15-6-4-3-5-7-15)12-14-8-10-16(18-2)11-9-14/h8-11,13,15,17H,3-7,12H2,1-2H3. The molecule has 100 valence electrons. The van der Waals surface area contributed by atoms with Crippen LogP contribution in [0.4, 0.5) is 0 Å². The highest BCUT2D eigenvalue weighted by atomic mass is 16.5. The highest BCUT2D eigenvalue weighted by Crippen LogP contribution is 2.18. The normalized spacial score (nSPS) is 18.6. The van der Waals surface area contributed by atoms with Gasteiger partial charge in [-0.05, 0) is 43.9 Å². The summed E-state index contributed by atoms with van der Waals surface area (Å²) in [7, 11) is 1.71.